The van der Waals surface area contributed by atoms with Gasteiger partial charge in [0.1, 0.15) is 5.75 Å². The number of fused-ring (bicyclic) bond motifs is 1. The number of methoxy groups -OCH3 is 1. The quantitative estimate of drug-likeness (QED) is 0.451. The van der Waals surface area contributed by atoms with Crippen LogP contribution in [0.4, 0.5) is 0 Å². The molecule has 0 saturated carbocycles. The first-order valence-electron chi connectivity index (χ1n) is 9.98. The summed E-state index contributed by atoms with van der Waals surface area (Å²) in [4.78, 5) is 24.3. The van der Waals surface area contributed by atoms with Crippen LogP contribution in [0.2, 0.25) is 0 Å². The van der Waals surface area contributed by atoms with Gasteiger partial charge in [-0.15, -0.1) is 0 Å². The van der Waals surface area contributed by atoms with E-state index in [1.807, 2.05) is 66.7 Å². The van der Waals surface area contributed by atoms with E-state index in [-0.39, 0.29) is 12.5 Å². The highest BCUT2D eigenvalue weighted by Gasteiger charge is 2.22. The fraction of sp³-hybridized carbons (Fsp3) is 0.160. The number of benzene rings is 3. The molecule has 1 aliphatic rings. The third-order valence-electron chi connectivity index (χ3n) is 5.02. The molecule has 3 aromatic carbocycles. The smallest absolute Gasteiger partial charge is 0.331 e. The zero-order chi connectivity index (χ0) is 21.6. The van der Waals surface area contributed by atoms with E-state index >= 15 is 0 Å². The number of carbonyl (C=O) groups excluding carboxylic acids is 2. The molecule has 6 heteroatoms. The van der Waals surface area contributed by atoms with Crippen LogP contribution in [0.15, 0.2) is 77.9 Å². The van der Waals surface area contributed by atoms with E-state index in [1.54, 1.807) is 13.2 Å². The Labute approximate surface area is 180 Å². The maximum absolute atomic E-state index is 12.3. The van der Waals surface area contributed by atoms with Crippen molar-refractivity contribution in [2.75, 3.05) is 20.3 Å². The summed E-state index contributed by atoms with van der Waals surface area (Å²) in [7, 11) is 1.63. The molecule has 3 aromatic rings. The molecule has 0 N–H and O–H groups in total. The van der Waals surface area contributed by atoms with Crippen LogP contribution in [0.25, 0.3) is 16.8 Å². The molecule has 0 aromatic heterocycles. The van der Waals surface area contributed by atoms with Crippen molar-refractivity contribution in [2.24, 2.45) is 5.10 Å². The summed E-state index contributed by atoms with van der Waals surface area (Å²) in [6, 6.07) is 21.4. The molecule has 1 amide bonds. The Balaban J connectivity index is 1.32. The average Bonchev–Trinajstić information content (AvgIpc) is 3.32. The van der Waals surface area contributed by atoms with E-state index in [2.05, 4.69) is 5.10 Å². The van der Waals surface area contributed by atoms with Crippen LogP contribution in [0.3, 0.4) is 0 Å². The largest absolute Gasteiger partial charge is 0.497 e. The molecule has 0 saturated heterocycles. The molecule has 0 radical (unpaired) electrons. The maximum atomic E-state index is 12.3. The molecule has 0 aliphatic carbocycles. The van der Waals surface area contributed by atoms with Gasteiger partial charge in [-0.2, -0.15) is 5.10 Å². The molecule has 0 fully saturated rings. The van der Waals surface area contributed by atoms with Crippen LogP contribution < -0.4 is 4.74 Å². The molecule has 0 bridgehead atoms. The Bertz CT molecular complexity index is 1170. The summed E-state index contributed by atoms with van der Waals surface area (Å²) in [5.41, 5.74) is 2.71. The van der Waals surface area contributed by atoms with Crippen molar-refractivity contribution in [3.05, 3.63) is 83.9 Å². The van der Waals surface area contributed by atoms with E-state index < -0.39 is 5.97 Å². The van der Waals surface area contributed by atoms with Gasteiger partial charge in [-0.1, -0.05) is 48.5 Å². The Morgan fingerprint density at radius 2 is 1.81 bits per heavy atom. The number of esters is 1. The Morgan fingerprint density at radius 3 is 2.61 bits per heavy atom. The third kappa shape index (κ3) is 4.98. The van der Waals surface area contributed by atoms with Crippen molar-refractivity contribution < 1.29 is 19.1 Å². The number of hydrogen-bond acceptors (Lipinski definition) is 5. The van der Waals surface area contributed by atoms with Gasteiger partial charge < -0.3 is 9.47 Å². The van der Waals surface area contributed by atoms with Gasteiger partial charge in [0.15, 0.2) is 6.61 Å². The van der Waals surface area contributed by atoms with E-state index in [9.17, 15) is 9.59 Å². The summed E-state index contributed by atoms with van der Waals surface area (Å²) in [5.74, 6) is -0.121. The van der Waals surface area contributed by atoms with Crippen LogP contribution in [0, 0.1) is 0 Å². The molecule has 0 unspecified atom stereocenters. The Hall–Kier alpha value is -3.93. The monoisotopic (exact) mass is 414 g/mol. The summed E-state index contributed by atoms with van der Waals surface area (Å²) >= 11 is 0. The highest BCUT2D eigenvalue weighted by Crippen LogP contribution is 2.22. The van der Waals surface area contributed by atoms with Crippen molar-refractivity contribution >= 4 is 34.4 Å². The normalized spacial score (nSPS) is 13.5. The predicted octanol–water partition coefficient (Wildman–Crippen LogP) is 4.04. The van der Waals surface area contributed by atoms with Crippen LogP contribution in [-0.2, 0) is 14.3 Å². The number of hydrogen-bond donors (Lipinski definition) is 0. The number of nitrogens with zero attached hydrogens (tertiary/aromatic N) is 2. The first kappa shape index (κ1) is 20.3. The highest BCUT2D eigenvalue weighted by atomic mass is 16.5. The van der Waals surface area contributed by atoms with Crippen LogP contribution in [0.5, 0.6) is 5.75 Å². The van der Waals surface area contributed by atoms with E-state index in [0.717, 1.165) is 33.4 Å². The van der Waals surface area contributed by atoms with Crippen molar-refractivity contribution in [1.29, 1.82) is 0 Å². The zero-order valence-corrected chi connectivity index (χ0v) is 17.2. The minimum atomic E-state index is -0.574. The molecule has 0 spiro atoms. The van der Waals surface area contributed by atoms with Gasteiger partial charge in [0.05, 0.1) is 19.4 Å². The van der Waals surface area contributed by atoms with Crippen molar-refractivity contribution in [2.45, 2.75) is 6.42 Å². The lowest BCUT2D eigenvalue weighted by atomic mass is 10.1. The summed E-state index contributed by atoms with van der Waals surface area (Å²) in [6.07, 6.45) is 3.66. The van der Waals surface area contributed by atoms with Gasteiger partial charge in [0.2, 0.25) is 0 Å². The molecule has 156 valence electrons. The van der Waals surface area contributed by atoms with Gasteiger partial charge in [-0.3, -0.25) is 4.79 Å². The summed E-state index contributed by atoms with van der Waals surface area (Å²) in [5, 5.41) is 7.79. The van der Waals surface area contributed by atoms with Gasteiger partial charge in [0, 0.05) is 12.5 Å². The lowest BCUT2D eigenvalue weighted by molar-refractivity contribution is -0.147. The second kappa shape index (κ2) is 9.26. The lowest BCUT2D eigenvalue weighted by Crippen LogP contribution is -2.28. The highest BCUT2D eigenvalue weighted by molar-refractivity contribution is 6.02. The molecule has 0 atom stereocenters. The Kier molecular flexibility index (Phi) is 6.08. The average molecular weight is 414 g/mol. The summed E-state index contributed by atoms with van der Waals surface area (Å²) < 4.78 is 10.3. The van der Waals surface area contributed by atoms with Crippen molar-refractivity contribution in [3.8, 4) is 5.75 Å². The van der Waals surface area contributed by atoms with E-state index in [0.29, 0.717) is 13.0 Å². The fourth-order valence-electron chi connectivity index (χ4n) is 3.36. The van der Waals surface area contributed by atoms with Gasteiger partial charge >= 0.3 is 5.97 Å². The van der Waals surface area contributed by atoms with Crippen molar-refractivity contribution in [3.63, 3.8) is 0 Å². The van der Waals surface area contributed by atoms with Gasteiger partial charge in [-0.25, -0.2) is 9.80 Å². The first-order chi connectivity index (χ1) is 15.1. The zero-order valence-electron chi connectivity index (χ0n) is 17.2. The molecular formula is C25H22N2O4. The number of hydrazone groups is 1. The first-order valence-corrected chi connectivity index (χ1v) is 9.98. The molecule has 1 heterocycles. The molecule has 4 rings (SSSR count). The third-order valence-corrected chi connectivity index (χ3v) is 5.02. The van der Waals surface area contributed by atoms with Crippen LogP contribution in [-0.4, -0.2) is 42.9 Å². The second-order valence-corrected chi connectivity index (χ2v) is 7.09. The minimum absolute atomic E-state index is 0.340. The van der Waals surface area contributed by atoms with Gasteiger partial charge in [0.25, 0.3) is 5.91 Å². The SMILES string of the molecule is COc1ccc2cc(/C=C/C(=O)OCC(=O)N3CCC(c4ccccc4)=N3)ccc2c1. The molecule has 31 heavy (non-hydrogen) atoms. The molecule has 6 nitrogen and oxygen atoms in total. The summed E-state index contributed by atoms with van der Waals surface area (Å²) in [6.45, 7) is 0.143. The van der Waals surface area contributed by atoms with Crippen LogP contribution >= 0.6 is 0 Å². The van der Waals surface area contributed by atoms with E-state index in [4.69, 9.17) is 9.47 Å². The van der Waals surface area contributed by atoms with Crippen LogP contribution in [0.1, 0.15) is 17.5 Å². The van der Waals surface area contributed by atoms with Crippen molar-refractivity contribution in [1.82, 2.24) is 5.01 Å². The van der Waals surface area contributed by atoms with Gasteiger partial charge in [-0.05, 0) is 46.2 Å². The maximum Gasteiger partial charge on any atom is 0.331 e. The predicted molar refractivity (Wildman–Crippen MR) is 120 cm³/mol. The number of rotatable bonds is 6. The standard InChI is InChI=1S/C25H22N2O4/c1-30-22-11-10-20-15-18(7-9-21(20)16-22)8-12-25(29)31-17-24(28)27-14-13-23(26-27)19-5-3-2-4-6-19/h2-12,15-16H,13-14,17H2,1H3/b12-8+. The number of carbonyl (C=O) groups is 2. The molecule has 1 aliphatic heterocycles. The fourth-order valence-corrected chi connectivity index (χ4v) is 3.36. The topological polar surface area (TPSA) is 68.2 Å². The van der Waals surface area contributed by atoms with E-state index in [1.165, 1.54) is 11.1 Å². The molecular weight excluding hydrogens is 392 g/mol. The number of ether oxygens (including phenoxy) is 2. The number of amides is 1. The Morgan fingerprint density at radius 1 is 1.03 bits per heavy atom. The lowest BCUT2D eigenvalue weighted by Gasteiger charge is -2.10. The minimum Gasteiger partial charge on any atom is -0.497 e. The second-order valence-electron chi connectivity index (χ2n) is 7.09.